The molecule has 0 saturated carbocycles. The molecule has 240 valence electrons. The number of methoxy groups -OCH3 is 1. The number of fused-ring (bicyclic) bond motifs is 1. The monoisotopic (exact) mass is 633 g/mol. The van der Waals surface area contributed by atoms with Crippen molar-refractivity contribution in [3.05, 3.63) is 54.9 Å². The lowest BCUT2D eigenvalue weighted by Gasteiger charge is -2.54. The summed E-state index contributed by atoms with van der Waals surface area (Å²) in [5, 5.41) is 5.33. The number of likely N-dealkylation sites (tertiary alicyclic amines) is 1. The van der Waals surface area contributed by atoms with Crippen molar-refractivity contribution in [3.63, 3.8) is 0 Å². The van der Waals surface area contributed by atoms with E-state index in [2.05, 4.69) is 45.7 Å². The van der Waals surface area contributed by atoms with Gasteiger partial charge >= 0.3 is 0 Å². The maximum atomic E-state index is 12.6. The number of piperidine rings is 1. The van der Waals surface area contributed by atoms with Gasteiger partial charge < -0.3 is 24.8 Å². The lowest BCUT2D eigenvalue weighted by atomic mass is 9.79. The van der Waals surface area contributed by atoms with E-state index < -0.39 is 14.6 Å². The van der Waals surface area contributed by atoms with Crippen LogP contribution in [0, 0.1) is 5.92 Å². The van der Waals surface area contributed by atoms with E-state index in [1.54, 1.807) is 13.3 Å². The van der Waals surface area contributed by atoms with E-state index in [-0.39, 0.29) is 30.0 Å². The number of nitrogens with zero attached hydrogens (tertiary/aromatic N) is 6. The molecule has 5 heterocycles. The first-order valence-corrected chi connectivity index (χ1v) is 17.5. The molecular weight excluding hydrogens is 590 g/mol. The second-order valence-corrected chi connectivity index (χ2v) is 15.6. The number of pyridine rings is 1. The Balaban J connectivity index is 1.32. The number of sulfone groups is 1. The Labute approximate surface area is 265 Å². The molecule has 2 aromatic heterocycles. The van der Waals surface area contributed by atoms with Gasteiger partial charge in [-0.3, -0.25) is 4.79 Å². The quantitative estimate of drug-likeness (QED) is 0.338. The molecule has 12 heteroatoms. The zero-order chi connectivity index (χ0) is 32.1. The number of amides is 1. The highest BCUT2D eigenvalue weighted by Gasteiger charge is 2.50. The third-order valence-electron chi connectivity index (χ3n) is 10.3. The van der Waals surface area contributed by atoms with E-state index in [4.69, 9.17) is 14.7 Å². The number of hydrogen-bond acceptors (Lipinski definition) is 10. The highest BCUT2D eigenvalue weighted by Crippen LogP contribution is 2.46. The maximum absolute atomic E-state index is 12.6. The predicted octanol–water partition coefficient (Wildman–Crippen LogP) is 4.49. The second-order valence-electron chi connectivity index (χ2n) is 13.0. The fraction of sp³-hybridized carbons (Fsp3) is 0.515. The summed E-state index contributed by atoms with van der Waals surface area (Å²) in [6.45, 7) is 12.4. The summed E-state index contributed by atoms with van der Waals surface area (Å²) < 4.78 is 29.9. The summed E-state index contributed by atoms with van der Waals surface area (Å²) in [4.78, 5) is 33.0. The molecule has 3 fully saturated rings. The predicted molar refractivity (Wildman–Crippen MR) is 178 cm³/mol. The molecule has 11 nitrogen and oxygen atoms in total. The summed E-state index contributed by atoms with van der Waals surface area (Å²) in [5.74, 6) is 1.87. The number of anilines is 4. The van der Waals surface area contributed by atoms with Crippen LogP contribution in [0.4, 0.5) is 23.3 Å². The van der Waals surface area contributed by atoms with Crippen molar-refractivity contribution in [2.75, 3.05) is 54.7 Å². The maximum Gasteiger partial charge on any atom is 0.246 e. The smallest absolute Gasteiger partial charge is 0.246 e. The van der Waals surface area contributed by atoms with Gasteiger partial charge in [0.15, 0.2) is 9.84 Å². The first kappa shape index (κ1) is 31.2. The van der Waals surface area contributed by atoms with Crippen LogP contribution >= 0.6 is 0 Å². The Morgan fingerprint density at radius 2 is 1.84 bits per heavy atom. The van der Waals surface area contributed by atoms with Crippen LogP contribution in [0.15, 0.2) is 49.3 Å². The van der Waals surface area contributed by atoms with Gasteiger partial charge in [0.1, 0.15) is 11.6 Å². The van der Waals surface area contributed by atoms with Gasteiger partial charge in [-0.2, -0.15) is 4.98 Å². The van der Waals surface area contributed by atoms with E-state index in [0.29, 0.717) is 30.7 Å². The number of benzene rings is 1. The molecule has 0 spiro atoms. The van der Waals surface area contributed by atoms with Gasteiger partial charge in [-0.05, 0) is 75.3 Å². The van der Waals surface area contributed by atoms with Gasteiger partial charge in [-0.15, -0.1) is 0 Å². The molecule has 3 saturated heterocycles. The molecule has 6 rings (SSSR count). The SMILES string of the molecule is C=CC(=O)N1CC[C@H]1c1ccc(N2C[C@H](C(C)(C)S(C)(=O)=O)[C@H]2C)c2cnc(Nc3ccnc(N4CCC(OC)CC4)n3)cc12. The lowest BCUT2D eigenvalue weighted by molar-refractivity contribution is -0.133. The van der Waals surface area contributed by atoms with Crippen molar-refractivity contribution in [2.45, 2.75) is 63.0 Å². The van der Waals surface area contributed by atoms with Gasteiger partial charge in [0, 0.05) is 75.0 Å². The van der Waals surface area contributed by atoms with Crippen LogP contribution in [0.25, 0.3) is 10.8 Å². The summed E-state index contributed by atoms with van der Waals surface area (Å²) in [7, 11) is -1.48. The standard InChI is InChI=1S/C33H43N7O4S/c1-7-31(41)39-17-13-28(39)23-8-9-27(40-20-26(21(40)2)33(3,4)45(6,42)43)25-19-35-30(18-24(23)25)36-29-10-14-34-32(37-29)38-15-11-22(44-5)12-16-38/h7-10,14,18-19,21-22,26,28H,1,11-13,15-17,20H2,2-6H3,(H,34,35,36,37)/t21-,26+,28+/m1/s1. The number of rotatable bonds is 9. The van der Waals surface area contributed by atoms with Gasteiger partial charge in [0.2, 0.25) is 11.9 Å². The minimum Gasteiger partial charge on any atom is -0.381 e. The Morgan fingerprint density at radius 3 is 2.47 bits per heavy atom. The first-order chi connectivity index (χ1) is 21.4. The summed E-state index contributed by atoms with van der Waals surface area (Å²) in [5.41, 5.74) is 2.05. The van der Waals surface area contributed by atoms with E-state index in [9.17, 15) is 13.2 Å². The van der Waals surface area contributed by atoms with Gasteiger partial charge in [0.25, 0.3) is 0 Å². The van der Waals surface area contributed by atoms with Gasteiger partial charge in [0.05, 0.1) is 16.9 Å². The number of hydrogen-bond donors (Lipinski definition) is 1. The number of carbonyl (C=O) groups is 1. The number of aromatic nitrogens is 3. The third-order valence-corrected chi connectivity index (χ3v) is 12.5. The van der Waals surface area contributed by atoms with Crippen LogP contribution < -0.4 is 15.1 Å². The molecular formula is C33H43N7O4S. The van der Waals surface area contributed by atoms with Crippen molar-refractivity contribution in [1.29, 1.82) is 0 Å². The minimum atomic E-state index is -3.24. The van der Waals surface area contributed by atoms with Gasteiger partial charge in [-0.1, -0.05) is 12.6 Å². The second kappa shape index (κ2) is 11.9. The lowest BCUT2D eigenvalue weighted by Crippen LogP contribution is -2.64. The minimum absolute atomic E-state index is 0.00397. The summed E-state index contributed by atoms with van der Waals surface area (Å²) in [6, 6.07) is 8.01. The van der Waals surface area contributed by atoms with Gasteiger partial charge in [-0.25, -0.2) is 18.4 Å². The fourth-order valence-corrected chi connectivity index (χ4v) is 7.77. The van der Waals surface area contributed by atoms with Crippen LogP contribution in [0.1, 0.15) is 51.6 Å². The van der Waals surface area contributed by atoms with E-state index in [1.165, 1.54) is 12.3 Å². The van der Waals surface area contributed by atoms with Crippen LogP contribution in [-0.4, -0.2) is 90.6 Å². The molecule has 0 aliphatic carbocycles. The summed E-state index contributed by atoms with van der Waals surface area (Å²) in [6.07, 6.45) is 9.31. The molecule has 3 aromatic rings. The van der Waals surface area contributed by atoms with Crippen LogP contribution in [0.2, 0.25) is 0 Å². The van der Waals surface area contributed by atoms with Crippen molar-refractivity contribution >= 4 is 49.8 Å². The van der Waals surface area contributed by atoms with E-state index in [0.717, 1.165) is 54.4 Å². The zero-order valence-electron chi connectivity index (χ0n) is 26.7. The van der Waals surface area contributed by atoms with E-state index in [1.807, 2.05) is 37.1 Å². The molecule has 3 atom stereocenters. The van der Waals surface area contributed by atoms with Crippen molar-refractivity contribution in [3.8, 4) is 0 Å². The fourth-order valence-electron chi connectivity index (χ4n) is 6.94. The largest absolute Gasteiger partial charge is 0.381 e. The third kappa shape index (κ3) is 5.63. The first-order valence-electron chi connectivity index (χ1n) is 15.6. The highest BCUT2D eigenvalue weighted by molar-refractivity contribution is 7.92. The van der Waals surface area contributed by atoms with Crippen LogP contribution in [0.3, 0.4) is 0 Å². The normalized spacial score (nSPS) is 22.6. The average Bonchev–Trinajstić information content (AvgIpc) is 3.00. The molecule has 0 radical (unpaired) electrons. The molecule has 3 aliphatic heterocycles. The molecule has 0 unspecified atom stereocenters. The average molecular weight is 634 g/mol. The number of nitrogens with one attached hydrogen (secondary N) is 1. The van der Waals surface area contributed by atoms with Crippen molar-refractivity contribution in [1.82, 2.24) is 19.9 Å². The molecule has 0 bridgehead atoms. The zero-order valence-corrected chi connectivity index (χ0v) is 27.5. The van der Waals surface area contributed by atoms with Crippen molar-refractivity contribution < 1.29 is 17.9 Å². The molecule has 45 heavy (non-hydrogen) atoms. The summed E-state index contributed by atoms with van der Waals surface area (Å²) >= 11 is 0. The Kier molecular flexibility index (Phi) is 8.23. The molecule has 1 aromatic carbocycles. The molecule has 3 aliphatic rings. The Hall–Kier alpha value is -3.77. The highest BCUT2D eigenvalue weighted by atomic mass is 32.2. The Bertz CT molecular complexity index is 1720. The van der Waals surface area contributed by atoms with Crippen LogP contribution in [-0.2, 0) is 19.4 Å². The number of carbonyl (C=O) groups excluding carboxylic acids is 1. The molecule has 1 N–H and O–H groups in total. The topological polar surface area (TPSA) is 121 Å². The number of ether oxygens (including phenoxy) is 1. The van der Waals surface area contributed by atoms with Crippen LogP contribution in [0.5, 0.6) is 0 Å². The van der Waals surface area contributed by atoms with Crippen molar-refractivity contribution in [2.24, 2.45) is 5.92 Å². The van der Waals surface area contributed by atoms with E-state index >= 15 is 0 Å². The molecule has 1 amide bonds. The Morgan fingerprint density at radius 1 is 1.09 bits per heavy atom.